The Labute approximate surface area is 115 Å². The van der Waals surface area contributed by atoms with Gasteiger partial charge in [-0.05, 0) is 24.6 Å². The van der Waals surface area contributed by atoms with E-state index in [4.69, 9.17) is 0 Å². The molecule has 1 aliphatic rings. The SMILES string of the molecule is CN(C(=O)Cc1ccccc1C(F)(F)F)C1CCNC1. The van der Waals surface area contributed by atoms with Crippen LogP contribution in [0.2, 0.25) is 0 Å². The van der Waals surface area contributed by atoms with Crippen molar-refractivity contribution in [3.63, 3.8) is 0 Å². The molecule has 1 heterocycles. The molecule has 1 saturated heterocycles. The van der Waals surface area contributed by atoms with Gasteiger partial charge in [-0.1, -0.05) is 18.2 Å². The second kappa shape index (κ2) is 5.83. The minimum atomic E-state index is -4.43. The van der Waals surface area contributed by atoms with Crippen molar-refractivity contribution in [3.8, 4) is 0 Å². The molecule has 0 radical (unpaired) electrons. The normalized spacial score (nSPS) is 19.1. The third-order valence-corrected chi connectivity index (χ3v) is 3.64. The number of carbonyl (C=O) groups is 1. The molecule has 1 unspecified atom stereocenters. The quantitative estimate of drug-likeness (QED) is 0.922. The van der Waals surface area contributed by atoms with Crippen LogP contribution in [0.25, 0.3) is 0 Å². The van der Waals surface area contributed by atoms with Gasteiger partial charge in [0.1, 0.15) is 0 Å². The first kappa shape index (κ1) is 14.8. The number of carbonyl (C=O) groups excluding carboxylic acids is 1. The highest BCUT2D eigenvalue weighted by atomic mass is 19.4. The van der Waals surface area contributed by atoms with E-state index in [0.29, 0.717) is 6.54 Å². The fourth-order valence-corrected chi connectivity index (χ4v) is 2.41. The Morgan fingerprint density at radius 3 is 2.70 bits per heavy atom. The number of likely N-dealkylation sites (N-methyl/N-ethyl adjacent to an activating group) is 1. The lowest BCUT2D eigenvalue weighted by Crippen LogP contribution is -2.39. The number of nitrogens with one attached hydrogen (secondary N) is 1. The molecule has 0 saturated carbocycles. The third-order valence-electron chi connectivity index (χ3n) is 3.64. The molecule has 1 aromatic rings. The first-order valence-electron chi connectivity index (χ1n) is 6.51. The van der Waals surface area contributed by atoms with Gasteiger partial charge in [-0.15, -0.1) is 0 Å². The minimum absolute atomic E-state index is 0.0304. The molecule has 0 bridgehead atoms. The fraction of sp³-hybridized carbons (Fsp3) is 0.500. The van der Waals surface area contributed by atoms with Gasteiger partial charge in [-0.2, -0.15) is 13.2 Å². The highest BCUT2D eigenvalue weighted by Crippen LogP contribution is 2.32. The first-order chi connectivity index (χ1) is 9.39. The summed E-state index contributed by atoms with van der Waals surface area (Å²) >= 11 is 0. The summed E-state index contributed by atoms with van der Waals surface area (Å²) in [5, 5.41) is 3.13. The second-order valence-corrected chi connectivity index (χ2v) is 4.98. The monoisotopic (exact) mass is 286 g/mol. The Morgan fingerprint density at radius 1 is 1.40 bits per heavy atom. The van der Waals surface area contributed by atoms with E-state index in [9.17, 15) is 18.0 Å². The molecule has 0 spiro atoms. The van der Waals surface area contributed by atoms with Gasteiger partial charge in [0.05, 0.1) is 12.0 Å². The van der Waals surface area contributed by atoms with E-state index < -0.39 is 11.7 Å². The number of hydrogen-bond acceptors (Lipinski definition) is 2. The van der Waals surface area contributed by atoms with Crippen LogP contribution < -0.4 is 5.32 Å². The maximum Gasteiger partial charge on any atom is 0.416 e. The molecule has 0 aromatic heterocycles. The van der Waals surface area contributed by atoms with Crippen LogP contribution in [0.5, 0.6) is 0 Å². The first-order valence-corrected chi connectivity index (χ1v) is 6.51. The van der Waals surface area contributed by atoms with Gasteiger partial charge in [0.2, 0.25) is 5.91 Å². The molecule has 3 nitrogen and oxygen atoms in total. The molecule has 1 fully saturated rings. The summed E-state index contributed by atoms with van der Waals surface area (Å²) in [5.41, 5.74) is -0.700. The number of halogens is 3. The van der Waals surface area contributed by atoms with Crippen LogP contribution in [0.1, 0.15) is 17.5 Å². The number of rotatable bonds is 3. The average molecular weight is 286 g/mol. The highest BCUT2D eigenvalue weighted by molar-refractivity contribution is 5.79. The molecule has 20 heavy (non-hydrogen) atoms. The van der Waals surface area contributed by atoms with Crippen LogP contribution in [0.15, 0.2) is 24.3 Å². The lowest BCUT2D eigenvalue weighted by atomic mass is 10.0. The van der Waals surface area contributed by atoms with E-state index in [1.807, 2.05) is 0 Å². The smallest absolute Gasteiger partial charge is 0.341 e. The standard InChI is InChI=1S/C14H17F3N2O/c1-19(11-6-7-18-9-11)13(20)8-10-4-2-3-5-12(10)14(15,16)17/h2-5,11,18H,6-9H2,1H3. The van der Waals surface area contributed by atoms with Crippen LogP contribution in [0.4, 0.5) is 13.2 Å². The number of alkyl halides is 3. The fourth-order valence-electron chi connectivity index (χ4n) is 2.41. The predicted molar refractivity (Wildman–Crippen MR) is 69.2 cm³/mol. The zero-order valence-electron chi connectivity index (χ0n) is 11.2. The zero-order valence-corrected chi connectivity index (χ0v) is 11.2. The predicted octanol–water partition coefficient (Wildman–Crippen LogP) is 2.07. The molecule has 1 atom stereocenters. The average Bonchev–Trinajstić information content (AvgIpc) is 2.91. The van der Waals surface area contributed by atoms with Crippen molar-refractivity contribution in [2.24, 2.45) is 0 Å². The maximum atomic E-state index is 12.9. The molecule has 6 heteroatoms. The summed E-state index contributed by atoms with van der Waals surface area (Å²) in [5.74, 6) is -0.282. The largest absolute Gasteiger partial charge is 0.416 e. The van der Waals surface area contributed by atoms with Gasteiger partial charge in [-0.3, -0.25) is 4.79 Å². The van der Waals surface area contributed by atoms with Gasteiger partial charge in [-0.25, -0.2) is 0 Å². The molecule has 1 N–H and O–H groups in total. The van der Waals surface area contributed by atoms with E-state index in [-0.39, 0.29) is 23.9 Å². The van der Waals surface area contributed by atoms with Crippen molar-refractivity contribution in [3.05, 3.63) is 35.4 Å². The number of benzene rings is 1. The third kappa shape index (κ3) is 3.30. The van der Waals surface area contributed by atoms with Crippen molar-refractivity contribution in [2.45, 2.75) is 25.1 Å². The summed E-state index contributed by atoms with van der Waals surface area (Å²) in [4.78, 5) is 13.7. The summed E-state index contributed by atoms with van der Waals surface area (Å²) < 4.78 is 38.6. The molecule has 1 aromatic carbocycles. The van der Waals surface area contributed by atoms with Crippen LogP contribution in [-0.2, 0) is 17.4 Å². The van der Waals surface area contributed by atoms with Crippen molar-refractivity contribution < 1.29 is 18.0 Å². The maximum absolute atomic E-state index is 12.9. The van der Waals surface area contributed by atoms with E-state index >= 15 is 0 Å². The lowest BCUT2D eigenvalue weighted by Gasteiger charge is -2.24. The van der Waals surface area contributed by atoms with Gasteiger partial charge >= 0.3 is 6.18 Å². The van der Waals surface area contributed by atoms with Gasteiger partial charge in [0, 0.05) is 19.6 Å². The Hall–Kier alpha value is -1.56. The van der Waals surface area contributed by atoms with Crippen LogP contribution >= 0.6 is 0 Å². The van der Waals surface area contributed by atoms with Crippen LogP contribution in [0.3, 0.4) is 0 Å². The second-order valence-electron chi connectivity index (χ2n) is 4.98. The van der Waals surface area contributed by atoms with Gasteiger partial charge < -0.3 is 10.2 Å². The van der Waals surface area contributed by atoms with Gasteiger partial charge in [0.25, 0.3) is 0 Å². The van der Waals surface area contributed by atoms with E-state index in [1.54, 1.807) is 11.9 Å². The van der Waals surface area contributed by atoms with Crippen molar-refractivity contribution in [2.75, 3.05) is 20.1 Å². The van der Waals surface area contributed by atoms with Crippen molar-refractivity contribution in [1.29, 1.82) is 0 Å². The van der Waals surface area contributed by atoms with Crippen molar-refractivity contribution >= 4 is 5.91 Å². The van der Waals surface area contributed by atoms with Crippen molar-refractivity contribution in [1.82, 2.24) is 10.2 Å². The molecule has 110 valence electrons. The minimum Gasteiger partial charge on any atom is -0.341 e. The lowest BCUT2D eigenvalue weighted by molar-refractivity contribution is -0.138. The molecule has 1 amide bonds. The number of amides is 1. The zero-order chi connectivity index (χ0) is 14.8. The van der Waals surface area contributed by atoms with Crippen LogP contribution in [0, 0.1) is 0 Å². The summed E-state index contributed by atoms with van der Waals surface area (Å²) in [6.45, 7) is 1.53. The Bertz CT molecular complexity index is 482. The Balaban J connectivity index is 2.11. The molecule has 1 aliphatic heterocycles. The van der Waals surface area contributed by atoms with Crippen LogP contribution in [-0.4, -0.2) is 37.0 Å². The summed E-state index contributed by atoms with van der Waals surface area (Å²) in [6, 6.07) is 5.30. The highest BCUT2D eigenvalue weighted by Gasteiger charge is 2.34. The molecular formula is C14H17F3N2O. The molecular weight excluding hydrogens is 269 g/mol. The van der Waals surface area contributed by atoms with Gasteiger partial charge in [0.15, 0.2) is 0 Å². The van der Waals surface area contributed by atoms with E-state index in [2.05, 4.69) is 5.32 Å². The summed E-state index contributed by atoms with van der Waals surface area (Å²) in [6.07, 6.45) is -3.81. The molecule has 0 aliphatic carbocycles. The van der Waals surface area contributed by atoms with E-state index in [1.165, 1.54) is 18.2 Å². The molecule has 2 rings (SSSR count). The van der Waals surface area contributed by atoms with E-state index in [0.717, 1.165) is 19.0 Å². The number of nitrogens with zero attached hydrogens (tertiary/aromatic N) is 1. The Morgan fingerprint density at radius 2 is 2.10 bits per heavy atom. The Kier molecular flexibility index (Phi) is 4.32. The summed E-state index contributed by atoms with van der Waals surface area (Å²) in [7, 11) is 1.65. The topological polar surface area (TPSA) is 32.3 Å². The number of hydrogen-bond donors (Lipinski definition) is 1.